The second-order valence-corrected chi connectivity index (χ2v) is 3.81. The number of phenolic OH excluding ortho intramolecular Hbond substituents is 1. The van der Waals surface area contributed by atoms with Crippen molar-refractivity contribution in [1.82, 2.24) is 5.32 Å². The van der Waals surface area contributed by atoms with Gasteiger partial charge in [-0.05, 0) is 18.6 Å². The molecule has 1 aromatic carbocycles. The number of carboxylic acid groups (broad SMARTS) is 1. The van der Waals surface area contributed by atoms with Crippen LogP contribution in [0.2, 0.25) is 0 Å². The normalized spacial score (nSPS) is 11.9. The number of phenols is 1. The lowest BCUT2D eigenvalue weighted by Crippen LogP contribution is -2.40. The van der Waals surface area contributed by atoms with Gasteiger partial charge in [0.1, 0.15) is 17.6 Å². The molecule has 98 valence electrons. The Labute approximate surface area is 103 Å². The van der Waals surface area contributed by atoms with E-state index >= 15 is 0 Å². The van der Waals surface area contributed by atoms with Gasteiger partial charge in [0.25, 0.3) is 5.91 Å². The van der Waals surface area contributed by atoms with Gasteiger partial charge in [0.15, 0.2) is 0 Å². The molecule has 0 spiro atoms. The van der Waals surface area contributed by atoms with Crippen LogP contribution in [0.25, 0.3) is 0 Å². The molecule has 1 aromatic rings. The quantitative estimate of drug-likeness (QED) is 0.744. The highest BCUT2D eigenvalue weighted by Crippen LogP contribution is 2.18. The maximum Gasteiger partial charge on any atom is 0.326 e. The molecular formula is C12H14FNO4. The standard InChI is InChI=1S/C12H14FNO4/c1-2-3-9(12(17)18)14-11(16)8-5-4-7(13)6-10(8)15/h4-6,9,15H,2-3H2,1H3,(H,14,16)(H,17,18)/t9-/m0/s1. The van der Waals surface area contributed by atoms with Gasteiger partial charge in [0.2, 0.25) is 0 Å². The molecule has 0 unspecified atom stereocenters. The van der Waals surface area contributed by atoms with Crippen LogP contribution in [-0.2, 0) is 4.79 Å². The molecule has 0 saturated heterocycles. The number of carboxylic acids is 1. The first-order valence-corrected chi connectivity index (χ1v) is 5.48. The summed E-state index contributed by atoms with van der Waals surface area (Å²) < 4.78 is 12.7. The van der Waals surface area contributed by atoms with Crippen molar-refractivity contribution in [3.8, 4) is 5.75 Å². The van der Waals surface area contributed by atoms with E-state index in [1.54, 1.807) is 6.92 Å². The van der Waals surface area contributed by atoms with Gasteiger partial charge in [-0.2, -0.15) is 0 Å². The fourth-order valence-electron chi connectivity index (χ4n) is 1.48. The fraction of sp³-hybridized carbons (Fsp3) is 0.333. The summed E-state index contributed by atoms with van der Waals surface area (Å²) in [6, 6.07) is 1.89. The lowest BCUT2D eigenvalue weighted by Gasteiger charge is -2.14. The van der Waals surface area contributed by atoms with Crippen LogP contribution in [0.1, 0.15) is 30.1 Å². The van der Waals surface area contributed by atoms with Gasteiger partial charge >= 0.3 is 5.97 Å². The Balaban J connectivity index is 2.83. The third-order valence-corrected chi connectivity index (χ3v) is 2.39. The molecule has 3 N–H and O–H groups in total. The van der Waals surface area contributed by atoms with Crippen LogP contribution in [0, 0.1) is 5.82 Å². The highest BCUT2D eigenvalue weighted by Gasteiger charge is 2.21. The lowest BCUT2D eigenvalue weighted by atomic mass is 10.1. The molecule has 18 heavy (non-hydrogen) atoms. The number of amides is 1. The fourth-order valence-corrected chi connectivity index (χ4v) is 1.48. The number of aromatic hydroxyl groups is 1. The van der Waals surface area contributed by atoms with Crippen molar-refractivity contribution in [3.05, 3.63) is 29.6 Å². The van der Waals surface area contributed by atoms with Crippen LogP contribution < -0.4 is 5.32 Å². The molecule has 1 amide bonds. The summed E-state index contributed by atoms with van der Waals surface area (Å²) in [5, 5.41) is 20.5. The van der Waals surface area contributed by atoms with Gasteiger partial charge in [0, 0.05) is 6.07 Å². The molecule has 0 heterocycles. The van der Waals surface area contributed by atoms with E-state index in [0.29, 0.717) is 6.42 Å². The number of hydrogen-bond donors (Lipinski definition) is 3. The minimum atomic E-state index is -1.15. The number of hydrogen-bond acceptors (Lipinski definition) is 3. The summed E-state index contributed by atoms with van der Waals surface area (Å²) in [5.74, 6) is -3.08. The predicted molar refractivity (Wildman–Crippen MR) is 61.9 cm³/mol. The van der Waals surface area contributed by atoms with Gasteiger partial charge in [-0.25, -0.2) is 9.18 Å². The number of carbonyl (C=O) groups is 2. The first-order valence-electron chi connectivity index (χ1n) is 5.48. The van der Waals surface area contributed by atoms with E-state index in [1.165, 1.54) is 0 Å². The molecule has 1 rings (SSSR count). The zero-order chi connectivity index (χ0) is 13.7. The van der Waals surface area contributed by atoms with Gasteiger partial charge in [-0.3, -0.25) is 4.79 Å². The van der Waals surface area contributed by atoms with Crippen molar-refractivity contribution in [2.24, 2.45) is 0 Å². The summed E-state index contributed by atoms with van der Waals surface area (Å²) in [5.41, 5.74) is -0.154. The third-order valence-electron chi connectivity index (χ3n) is 2.39. The highest BCUT2D eigenvalue weighted by molar-refractivity contribution is 5.98. The maximum absolute atomic E-state index is 12.7. The largest absolute Gasteiger partial charge is 0.507 e. The second-order valence-electron chi connectivity index (χ2n) is 3.81. The minimum Gasteiger partial charge on any atom is -0.507 e. The molecule has 0 aliphatic heterocycles. The first kappa shape index (κ1) is 14.0. The molecule has 0 aromatic heterocycles. The van der Waals surface area contributed by atoms with Crippen molar-refractivity contribution in [1.29, 1.82) is 0 Å². The number of carbonyl (C=O) groups excluding carboxylic acids is 1. The number of rotatable bonds is 5. The number of aliphatic carboxylic acids is 1. The summed E-state index contributed by atoms with van der Waals surface area (Å²) in [7, 11) is 0. The van der Waals surface area contributed by atoms with Gasteiger partial charge in [-0.1, -0.05) is 13.3 Å². The topological polar surface area (TPSA) is 86.6 Å². The highest BCUT2D eigenvalue weighted by atomic mass is 19.1. The molecule has 0 fully saturated rings. The maximum atomic E-state index is 12.7. The smallest absolute Gasteiger partial charge is 0.326 e. The SMILES string of the molecule is CCC[C@H](NC(=O)c1ccc(F)cc1O)C(=O)O. The van der Waals surface area contributed by atoms with E-state index in [0.717, 1.165) is 18.2 Å². The Kier molecular flexibility index (Phi) is 4.65. The zero-order valence-electron chi connectivity index (χ0n) is 9.81. The number of halogens is 1. The van der Waals surface area contributed by atoms with E-state index in [-0.39, 0.29) is 12.0 Å². The van der Waals surface area contributed by atoms with Crippen LogP contribution in [0.3, 0.4) is 0 Å². The monoisotopic (exact) mass is 255 g/mol. The van der Waals surface area contributed by atoms with Crippen molar-refractivity contribution in [2.75, 3.05) is 0 Å². The lowest BCUT2D eigenvalue weighted by molar-refractivity contribution is -0.139. The first-order chi connectivity index (χ1) is 8.45. The van der Waals surface area contributed by atoms with Crippen LogP contribution >= 0.6 is 0 Å². The van der Waals surface area contributed by atoms with Crippen LogP contribution in [-0.4, -0.2) is 28.1 Å². The van der Waals surface area contributed by atoms with Gasteiger partial charge in [-0.15, -0.1) is 0 Å². The van der Waals surface area contributed by atoms with Crippen molar-refractivity contribution in [3.63, 3.8) is 0 Å². The zero-order valence-corrected chi connectivity index (χ0v) is 9.81. The Bertz CT molecular complexity index is 461. The van der Waals surface area contributed by atoms with E-state index in [4.69, 9.17) is 5.11 Å². The molecular weight excluding hydrogens is 241 g/mol. The van der Waals surface area contributed by atoms with Crippen molar-refractivity contribution in [2.45, 2.75) is 25.8 Å². The molecule has 0 aliphatic carbocycles. The summed E-state index contributed by atoms with van der Waals surface area (Å²) in [6.07, 6.45) is 0.871. The number of nitrogens with one attached hydrogen (secondary N) is 1. The Morgan fingerprint density at radius 3 is 2.61 bits per heavy atom. The third kappa shape index (κ3) is 3.44. The van der Waals surface area contributed by atoms with Gasteiger partial charge < -0.3 is 15.5 Å². The molecule has 6 heteroatoms. The van der Waals surface area contributed by atoms with Crippen molar-refractivity contribution >= 4 is 11.9 Å². The van der Waals surface area contributed by atoms with Crippen LogP contribution in [0.4, 0.5) is 4.39 Å². The Morgan fingerprint density at radius 1 is 1.44 bits per heavy atom. The van der Waals surface area contributed by atoms with Crippen molar-refractivity contribution < 1.29 is 24.2 Å². The average molecular weight is 255 g/mol. The average Bonchev–Trinajstić information content (AvgIpc) is 2.27. The van der Waals surface area contributed by atoms with Crippen LogP contribution in [0.15, 0.2) is 18.2 Å². The van der Waals surface area contributed by atoms with Crippen LogP contribution in [0.5, 0.6) is 5.75 Å². The number of benzene rings is 1. The minimum absolute atomic E-state index is 0.154. The van der Waals surface area contributed by atoms with Gasteiger partial charge in [0.05, 0.1) is 5.56 Å². The van der Waals surface area contributed by atoms with E-state index in [2.05, 4.69) is 5.32 Å². The summed E-state index contributed by atoms with van der Waals surface area (Å²) in [6.45, 7) is 1.79. The molecule has 5 nitrogen and oxygen atoms in total. The molecule has 0 aliphatic rings. The van der Waals surface area contributed by atoms with E-state index < -0.39 is 29.5 Å². The molecule has 0 saturated carbocycles. The van der Waals surface area contributed by atoms with E-state index in [1.807, 2.05) is 0 Å². The van der Waals surface area contributed by atoms with E-state index in [9.17, 15) is 19.1 Å². The summed E-state index contributed by atoms with van der Waals surface area (Å²) in [4.78, 5) is 22.6. The molecule has 0 bridgehead atoms. The predicted octanol–water partition coefficient (Wildman–Crippen LogP) is 1.51. The molecule has 0 radical (unpaired) electrons. The Morgan fingerprint density at radius 2 is 2.11 bits per heavy atom. The Hall–Kier alpha value is -2.11. The second kappa shape index (κ2) is 6.00. The molecule has 1 atom stereocenters. The summed E-state index contributed by atoms with van der Waals surface area (Å²) >= 11 is 0.